The van der Waals surface area contributed by atoms with Crippen molar-refractivity contribution in [1.82, 2.24) is 10.2 Å². The molecular formula is C15H22N2O. The molecule has 2 rings (SSSR count). The molecule has 3 nitrogen and oxygen atoms in total. The van der Waals surface area contributed by atoms with Gasteiger partial charge in [0.15, 0.2) is 0 Å². The molecule has 18 heavy (non-hydrogen) atoms. The zero-order valence-electron chi connectivity index (χ0n) is 11.5. The molecule has 1 amide bonds. The number of hydrogen-bond donors (Lipinski definition) is 1. The Balaban J connectivity index is 2.20. The summed E-state index contributed by atoms with van der Waals surface area (Å²) >= 11 is 0. The van der Waals surface area contributed by atoms with Gasteiger partial charge in [-0.2, -0.15) is 0 Å². The number of carbonyl (C=O) groups is 1. The van der Waals surface area contributed by atoms with Crippen LogP contribution in [0.2, 0.25) is 0 Å². The van der Waals surface area contributed by atoms with Gasteiger partial charge in [-0.3, -0.25) is 4.79 Å². The fourth-order valence-electron chi connectivity index (χ4n) is 2.63. The summed E-state index contributed by atoms with van der Waals surface area (Å²) in [6.07, 6.45) is 0.615. The second-order valence-electron chi connectivity index (χ2n) is 5.19. The Morgan fingerprint density at radius 2 is 1.83 bits per heavy atom. The Hall–Kier alpha value is -1.35. The van der Waals surface area contributed by atoms with E-state index in [4.69, 9.17) is 0 Å². The lowest BCUT2D eigenvalue weighted by atomic mass is 9.99. The predicted molar refractivity (Wildman–Crippen MR) is 73.6 cm³/mol. The monoisotopic (exact) mass is 246 g/mol. The van der Waals surface area contributed by atoms with Crippen LogP contribution < -0.4 is 5.32 Å². The van der Waals surface area contributed by atoms with Crippen LogP contribution in [0.15, 0.2) is 12.1 Å². The highest BCUT2D eigenvalue weighted by Gasteiger charge is 2.17. The van der Waals surface area contributed by atoms with Crippen LogP contribution in [0.1, 0.15) is 28.7 Å². The van der Waals surface area contributed by atoms with Gasteiger partial charge in [-0.05, 0) is 37.5 Å². The van der Waals surface area contributed by atoms with Crippen molar-refractivity contribution in [2.75, 3.05) is 19.6 Å². The van der Waals surface area contributed by atoms with E-state index >= 15 is 0 Å². The van der Waals surface area contributed by atoms with Crippen molar-refractivity contribution in [2.24, 2.45) is 0 Å². The molecule has 1 fully saturated rings. The summed E-state index contributed by atoms with van der Waals surface area (Å²) in [7, 11) is 0. The third kappa shape index (κ3) is 2.91. The first kappa shape index (κ1) is 13.1. The number of nitrogens with one attached hydrogen (secondary N) is 1. The van der Waals surface area contributed by atoms with Crippen LogP contribution in [0.5, 0.6) is 0 Å². The molecule has 0 saturated carbocycles. The molecule has 0 aromatic heterocycles. The fraction of sp³-hybridized carbons (Fsp3) is 0.533. The number of nitrogens with zero attached hydrogens (tertiary/aromatic N) is 1. The molecule has 0 bridgehead atoms. The summed E-state index contributed by atoms with van der Waals surface area (Å²) in [5, 5.41) is 3.27. The van der Waals surface area contributed by atoms with Crippen molar-refractivity contribution in [3.63, 3.8) is 0 Å². The smallest absolute Gasteiger partial charge is 0.224 e. The molecule has 0 aliphatic carbocycles. The Kier molecular flexibility index (Phi) is 4.02. The van der Waals surface area contributed by atoms with Crippen molar-refractivity contribution in [3.8, 4) is 0 Å². The van der Waals surface area contributed by atoms with E-state index in [2.05, 4.69) is 38.2 Å². The van der Waals surface area contributed by atoms with Crippen molar-refractivity contribution >= 4 is 5.91 Å². The van der Waals surface area contributed by atoms with Gasteiger partial charge in [-0.25, -0.2) is 0 Å². The van der Waals surface area contributed by atoms with E-state index in [1.165, 1.54) is 22.3 Å². The molecule has 1 aromatic carbocycles. The number of hydrogen-bond acceptors (Lipinski definition) is 2. The van der Waals surface area contributed by atoms with Gasteiger partial charge in [0.05, 0.1) is 0 Å². The highest BCUT2D eigenvalue weighted by atomic mass is 16.2. The molecule has 98 valence electrons. The van der Waals surface area contributed by atoms with Gasteiger partial charge < -0.3 is 10.2 Å². The third-order valence-electron chi connectivity index (χ3n) is 3.62. The first-order valence-corrected chi connectivity index (χ1v) is 6.63. The van der Waals surface area contributed by atoms with Crippen LogP contribution in [0.3, 0.4) is 0 Å². The first-order valence-electron chi connectivity index (χ1n) is 6.63. The van der Waals surface area contributed by atoms with Crippen molar-refractivity contribution in [3.05, 3.63) is 34.4 Å². The molecule has 1 N–H and O–H groups in total. The average molecular weight is 246 g/mol. The maximum atomic E-state index is 12.0. The molecule has 0 unspecified atom stereocenters. The first-order chi connectivity index (χ1) is 8.58. The zero-order valence-corrected chi connectivity index (χ0v) is 11.5. The Morgan fingerprint density at radius 1 is 1.17 bits per heavy atom. The van der Waals surface area contributed by atoms with Gasteiger partial charge >= 0.3 is 0 Å². The molecule has 3 heteroatoms. The summed E-state index contributed by atoms with van der Waals surface area (Å²) < 4.78 is 0. The highest BCUT2D eigenvalue weighted by Crippen LogP contribution is 2.19. The average Bonchev–Trinajstić information content (AvgIpc) is 2.49. The minimum atomic E-state index is 0.263. The van der Waals surface area contributed by atoms with Gasteiger partial charge in [0.25, 0.3) is 0 Å². The second kappa shape index (κ2) is 5.53. The largest absolute Gasteiger partial charge is 0.337 e. The molecule has 1 saturated heterocycles. The van der Waals surface area contributed by atoms with Gasteiger partial charge in [0, 0.05) is 32.6 Å². The number of benzene rings is 1. The van der Waals surface area contributed by atoms with Crippen molar-refractivity contribution < 1.29 is 4.79 Å². The summed E-state index contributed by atoms with van der Waals surface area (Å²) in [4.78, 5) is 14.0. The Labute approximate surface area is 109 Å². The number of carbonyl (C=O) groups excluding carboxylic acids is 1. The van der Waals surface area contributed by atoms with Gasteiger partial charge in [-0.1, -0.05) is 17.7 Å². The lowest BCUT2D eigenvalue weighted by Gasteiger charge is -2.23. The van der Waals surface area contributed by atoms with Crippen LogP contribution in [0.4, 0.5) is 0 Å². The lowest BCUT2D eigenvalue weighted by Crippen LogP contribution is -2.32. The quantitative estimate of drug-likeness (QED) is 0.865. The van der Waals surface area contributed by atoms with E-state index in [-0.39, 0.29) is 5.91 Å². The predicted octanol–water partition coefficient (Wildman–Crippen LogP) is 1.93. The van der Waals surface area contributed by atoms with Gasteiger partial charge in [0.2, 0.25) is 5.91 Å². The van der Waals surface area contributed by atoms with E-state index in [0.29, 0.717) is 6.42 Å². The SMILES string of the molecule is Cc1cc(C)c(CN2CCNCCC2=O)c(C)c1. The number of aryl methyl sites for hydroxylation is 3. The van der Waals surface area contributed by atoms with E-state index in [1.807, 2.05) is 4.90 Å². The standard InChI is InChI=1S/C15H22N2O/c1-11-8-12(2)14(13(3)9-11)10-17-7-6-16-5-4-15(17)18/h8-9,16H,4-7,10H2,1-3H3. The van der Waals surface area contributed by atoms with Crippen LogP contribution in [0.25, 0.3) is 0 Å². The van der Waals surface area contributed by atoms with E-state index < -0.39 is 0 Å². The third-order valence-corrected chi connectivity index (χ3v) is 3.62. The lowest BCUT2D eigenvalue weighted by molar-refractivity contribution is -0.130. The molecule has 1 aromatic rings. The topological polar surface area (TPSA) is 32.3 Å². The minimum absolute atomic E-state index is 0.263. The normalized spacial score (nSPS) is 16.8. The van der Waals surface area contributed by atoms with Crippen molar-refractivity contribution in [2.45, 2.75) is 33.7 Å². The van der Waals surface area contributed by atoms with Gasteiger partial charge in [0.1, 0.15) is 0 Å². The summed E-state index contributed by atoms with van der Waals surface area (Å²) in [5.41, 5.74) is 5.17. The number of rotatable bonds is 2. The zero-order chi connectivity index (χ0) is 13.1. The van der Waals surface area contributed by atoms with Crippen LogP contribution in [-0.2, 0) is 11.3 Å². The van der Waals surface area contributed by atoms with E-state index in [9.17, 15) is 4.79 Å². The molecule has 0 spiro atoms. The van der Waals surface area contributed by atoms with Crippen LogP contribution in [-0.4, -0.2) is 30.4 Å². The van der Waals surface area contributed by atoms with Crippen molar-refractivity contribution in [1.29, 1.82) is 0 Å². The molecule has 1 heterocycles. The maximum absolute atomic E-state index is 12.0. The molecule has 1 aliphatic rings. The number of amides is 1. The molecule has 0 radical (unpaired) electrons. The van der Waals surface area contributed by atoms with E-state index in [0.717, 1.165) is 26.2 Å². The molecule has 1 aliphatic heterocycles. The summed E-state index contributed by atoms with van der Waals surface area (Å²) in [6.45, 7) is 9.65. The maximum Gasteiger partial charge on any atom is 0.224 e. The van der Waals surface area contributed by atoms with Gasteiger partial charge in [-0.15, -0.1) is 0 Å². The molecular weight excluding hydrogens is 224 g/mol. The second-order valence-corrected chi connectivity index (χ2v) is 5.19. The Bertz CT molecular complexity index is 431. The van der Waals surface area contributed by atoms with Crippen LogP contribution >= 0.6 is 0 Å². The highest BCUT2D eigenvalue weighted by molar-refractivity contribution is 5.76. The van der Waals surface area contributed by atoms with E-state index in [1.54, 1.807) is 0 Å². The van der Waals surface area contributed by atoms with Crippen LogP contribution in [0, 0.1) is 20.8 Å². The minimum Gasteiger partial charge on any atom is -0.337 e. The Morgan fingerprint density at radius 3 is 2.50 bits per heavy atom. The molecule has 0 atom stereocenters. The summed E-state index contributed by atoms with van der Waals surface area (Å²) in [5.74, 6) is 0.263. The fourth-order valence-corrected chi connectivity index (χ4v) is 2.63. The summed E-state index contributed by atoms with van der Waals surface area (Å²) in [6, 6.07) is 4.39.